The molecule has 1 heterocycles. The second kappa shape index (κ2) is 8.76. The number of hydrogen-bond acceptors (Lipinski definition) is 4. The highest BCUT2D eigenvalue weighted by molar-refractivity contribution is 5.78. The molecule has 5 heteroatoms. The van der Waals surface area contributed by atoms with E-state index in [1.54, 1.807) is 6.26 Å². The van der Waals surface area contributed by atoms with Crippen molar-refractivity contribution < 1.29 is 9.21 Å². The van der Waals surface area contributed by atoms with Gasteiger partial charge in [0.25, 0.3) is 0 Å². The monoisotopic (exact) mass is 311 g/mol. The predicted octanol–water partition coefficient (Wildman–Crippen LogP) is 2.87. The summed E-state index contributed by atoms with van der Waals surface area (Å²) in [5.41, 5.74) is 1.07. The van der Waals surface area contributed by atoms with Crippen molar-refractivity contribution in [3.63, 3.8) is 0 Å². The van der Waals surface area contributed by atoms with E-state index in [1.165, 1.54) is 0 Å². The molecular formula is C18H21N3O2. The molecule has 0 radical (unpaired) electrons. The van der Waals surface area contributed by atoms with Crippen molar-refractivity contribution in [1.82, 2.24) is 10.2 Å². The zero-order valence-electron chi connectivity index (χ0n) is 13.2. The van der Waals surface area contributed by atoms with Crippen LogP contribution in [-0.2, 0) is 11.3 Å². The Hall–Kier alpha value is -2.58. The summed E-state index contributed by atoms with van der Waals surface area (Å²) < 4.78 is 5.32. The van der Waals surface area contributed by atoms with Gasteiger partial charge in [0, 0.05) is 13.0 Å². The van der Waals surface area contributed by atoms with Crippen LogP contribution in [0.4, 0.5) is 0 Å². The Kier molecular flexibility index (Phi) is 6.40. The van der Waals surface area contributed by atoms with Gasteiger partial charge in [0.2, 0.25) is 5.91 Å². The Labute approximate surface area is 136 Å². The molecule has 0 bridgehead atoms. The fraction of sp³-hybridized carbons (Fsp3) is 0.333. The van der Waals surface area contributed by atoms with E-state index in [0.717, 1.165) is 11.3 Å². The maximum Gasteiger partial charge on any atom is 0.234 e. The molecule has 1 atom stereocenters. The summed E-state index contributed by atoms with van der Waals surface area (Å²) in [5, 5.41) is 11.8. The second-order valence-electron chi connectivity index (χ2n) is 5.40. The van der Waals surface area contributed by atoms with Gasteiger partial charge in [-0.05, 0) is 24.6 Å². The Morgan fingerprint density at radius 3 is 2.74 bits per heavy atom. The van der Waals surface area contributed by atoms with Crippen molar-refractivity contribution in [2.45, 2.75) is 25.9 Å². The maximum absolute atomic E-state index is 12.3. The summed E-state index contributed by atoms with van der Waals surface area (Å²) in [7, 11) is 0. The number of furan rings is 1. The molecule has 1 aromatic carbocycles. The number of carbonyl (C=O) groups excluding carboxylic acids is 1. The van der Waals surface area contributed by atoms with Crippen molar-refractivity contribution >= 4 is 5.91 Å². The van der Waals surface area contributed by atoms with E-state index in [-0.39, 0.29) is 18.5 Å². The molecule has 0 fully saturated rings. The normalized spacial score (nSPS) is 11.9. The quantitative estimate of drug-likeness (QED) is 0.814. The molecule has 1 amide bonds. The first-order valence-corrected chi connectivity index (χ1v) is 7.65. The summed E-state index contributed by atoms with van der Waals surface area (Å²) in [6.07, 6.45) is 1.98. The van der Waals surface area contributed by atoms with Crippen LogP contribution in [0.15, 0.2) is 53.1 Å². The number of hydrogen-bond donors (Lipinski definition) is 1. The molecule has 1 aromatic heterocycles. The van der Waals surface area contributed by atoms with Crippen LogP contribution in [0.2, 0.25) is 0 Å². The van der Waals surface area contributed by atoms with E-state index >= 15 is 0 Å². The summed E-state index contributed by atoms with van der Waals surface area (Å²) >= 11 is 0. The lowest BCUT2D eigenvalue weighted by atomic mass is 10.1. The number of rotatable bonds is 8. The van der Waals surface area contributed by atoms with Crippen LogP contribution in [0.3, 0.4) is 0 Å². The van der Waals surface area contributed by atoms with Crippen LogP contribution in [0, 0.1) is 11.3 Å². The second-order valence-corrected chi connectivity index (χ2v) is 5.40. The largest absolute Gasteiger partial charge is 0.468 e. The van der Waals surface area contributed by atoms with Crippen LogP contribution in [-0.4, -0.2) is 23.9 Å². The maximum atomic E-state index is 12.3. The molecule has 5 nitrogen and oxygen atoms in total. The number of carbonyl (C=O) groups is 1. The SMILES string of the molecule is CC(NC(=O)CN(CCC#N)Cc1ccco1)c1ccccc1. The van der Waals surface area contributed by atoms with Gasteiger partial charge in [0.15, 0.2) is 0 Å². The Bertz CT molecular complexity index is 632. The van der Waals surface area contributed by atoms with Crippen molar-refractivity contribution in [3.05, 3.63) is 60.1 Å². The Balaban J connectivity index is 1.90. The minimum absolute atomic E-state index is 0.0508. The number of benzene rings is 1. The lowest BCUT2D eigenvalue weighted by molar-refractivity contribution is -0.123. The number of nitriles is 1. The molecule has 0 aliphatic heterocycles. The minimum Gasteiger partial charge on any atom is -0.468 e. The fourth-order valence-corrected chi connectivity index (χ4v) is 2.36. The molecular weight excluding hydrogens is 290 g/mol. The van der Waals surface area contributed by atoms with Crippen LogP contribution in [0.1, 0.15) is 30.7 Å². The molecule has 23 heavy (non-hydrogen) atoms. The van der Waals surface area contributed by atoms with Crippen LogP contribution in [0.5, 0.6) is 0 Å². The number of nitrogens with zero attached hydrogens (tertiary/aromatic N) is 2. The van der Waals surface area contributed by atoms with Crippen LogP contribution in [0.25, 0.3) is 0 Å². The van der Waals surface area contributed by atoms with Gasteiger partial charge >= 0.3 is 0 Å². The van der Waals surface area contributed by atoms with E-state index in [2.05, 4.69) is 11.4 Å². The molecule has 2 aromatic rings. The van der Waals surface area contributed by atoms with Crippen molar-refractivity contribution in [2.75, 3.05) is 13.1 Å². The zero-order valence-corrected chi connectivity index (χ0v) is 13.2. The summed E-state index contributed by atoms with van der Waals surface area (Å²) in [6, 6.07) is 15.6. The predicted molar refractivity (Wildman–Crippen MR) is 87.2 cm³/mol. The first kappa shape index (κ1) is 16.8. The summed E-state index contributed by atoms with van der Waals surface area (Å²) in [6.45, 7) is 3.24. The molecule has 0 spiro atoms. The summed E-state index contributed by atoms with van der Waals surface area (Å²) in [4.78, 5) is 14.2. The van der Waals surface area contributed by atoms with Gasteiger partial charge in [-0.3, -0.25) is 9.69 Å². The number of nitrogens with one attached hydrogen (secondary N) is 1. The van der Waals surface area contributed by atoms with E-state index in [4.69, 9.17) is 9.68 Å². The van der Waals surface area contributed by atoms with Gasteiger partial charge < -0.3 is 9.73 Å². The minimum atomic E-state index is -0.0640. The summed E-state index contributed by atoms with van der Waals surface area (Å²) in [5.74, 6) is 0.720. The molecule has 0 saturated carbocycles. The lowest BCUT2D eigenvalue weighted by Crippen LogP contribution is -2.38. The Morgan fingerprint density at radius 1 is 1.30 bits per heavy atom. The third kappa shape index (κ3) is 5.61. The van der Waals surface area contributed by atoms with Gasteiger partial charge in [-0.15, -0.1) is 0 Å². The van der Waals surface area contributed by atoms with Gasteiger partial charge in [0.1, 0.15) is 5.76 Å². The Morgan fingerprint density at radius 2 is 2.09 bits per heavy atom. The fourth-order valence-electron chi connectivity index (χ4n) is 2.36. The molecule has 120 valence electrons. The number of amides is 1. The topological polar surface area (TPSA) is 69.3 Å². The van der Waals surface area contributed by atoms with E-state index in [9.17, 15) is 4.79 Å². The van der Waals surface area contributed by atoms with E-state index in [0.29, 0.717) is 19.5 Å². The first-order valence-electron chi connectivity index (χ1n) is 7.65. The van der Waals surface area contributed by atoms with Gasteiger partial charge in [-0.25, -0.2) is 0 Å². The molecule has 0 aliphatic carbocycles. The van der Waals surface area contributed by atoms with Crippen LogP contribution < -0.4 is 5.32 Å². The van der Waals surface area contributed by atoms with Gasteiger partial charge in [0.05, 0.1) is 31.5 Å². The zero-order chi connectivity index (χ0) is 16.5. The highest BCUT2D eigenvalue weighted by Gasteiger charge is 2.15. The van der Waals surface area contributed by atoms with E-state index < -0.39 is 0 Å². The highest BCUT2D eigenvalue weighted by atomic mass is 16.3. The van der Waals surface area contributed by atoms with Crippen molar-refractivity contribution in [3.8, 4) is 6.07 Å². The lowest BCUT2D eigenvalue weighted by Gasteiger charge is -2.21. The van der Waals surface area contributed by atoms with Crippen LogP contribution >= 0.6 is 0 Å². The standard InChI is InChI=1S/C18H21N3O2/c1-15(16-7-3-2-4-8-16)20-18(22)14-21(11-6-10-19)13-17-9-5-12-23-17/h2-5,7-9,12,15H,6,11,13-14H2,1H3,(H,20,22). The van der Waals surface area contributed by atoms with Gasteiger partial charge in [-0.1, -0.05) is 30.3 Å². The molecule has 1 unspecified atom stereocenters. The van der Waals surface area contributed by atoms with E-state index in [1.807, 2.05) is 54.3 Å². The third-order valence-corrected chi connectivity index (χ3v) is 3.54. The molecule has 1 N–H and O–H groups in total. The average Bonchev–Trinajstić information content (AvgIpc) is 3.06. The molecule has 2 rings (SSSR count). The van der Waals surface area contributed by atoms with Crippen molar-refractivity contribution in [2.24, 2.45) is 0 Å². The highest BCUT2D eigenvalue weighted by Crippen LogP contribution is 2.11. The van der Waals surface area contributed by atoms with Gasteiger partial charge in [-0.2, -0.15) is 5.26 Å². The first-order chi connectivity index (χ1) is 11.2. The smallest absolute Gasteiger partial charge is 0.234 e. The third-order valence-electron chi connectivity index (χ3n) is 3.54. The molecule has 0 saturated heterocycles. The van der Waals surface area contributed by atoms with Crippen molar-refractivity contribution in [1.29, 1.82) is 5.26 Å². The molecule has 0 aliphatic rings. The average molecular weight is 311 g/mol.